The van der Waals surface area contributed by atoms with Crippen LogP contribution in [0.4, 0.5) is 21.0 Å². The molecule has 28 heteroatoms. The standard InChI is InChI=1S/C77H114N12O16/c1-14-50(8)68(60(103-12)45-64(93)88-43-23-28-59(88)69(104-13)51(9)70(94)83-58(75(99)100)44-53-24-17-15-18-25-53)87(11)74(98)67(49(6)7)85-72(96)65(47(2)3)79-40-21-26-52-32-36-56(37-33-52)86(10)77(102)105-46-54-30-34-55(35-31-54)81-71(95)57(27-22-41-80-76(78)101)82-73(97)66(48(4)5)84-61(90)29-19-16-20-42-89-62(91)38-39-63(89)92/h15,17-18,24-25,30-39,47-51,57-60,65-69,79H,14,16,19-23,26-29,40-46H2,1-13H3,(H,81,95)(H,82,97)(H,83,94)(H,84,90)(H,85,96)(H,99,100)(H3,78,80,101)/t50-,51+,57?,58-,59?,60+,65?,66?,67?,68-,69+/m0/s1. The number of aryl methyl sites for hydroxylation is 1. The molecule has 578 valence electrons. The number of aliphatic carboxylic acids is 1. The summed E-state index contributed by atoms with van der Waals surface area (Å²) in [5.74, 6) is -6.58. The molecule has 1 saturated heterocycles. The van der Waals surface area contributed by atoms with Gasteiger partial charge in [0.15, 0.2) is 0 Å². The molecule has 0 saturated carbocycles. The minimum Gasteiger partial charge on any atom is -0.480 e. The lowest BCUT2D eigenvalue weighted by Gasteiger charge is -2.41. The molecule has 0 spiro atoms. The molecular weight excluding hydrogens is 1350 g/mol. The molecule has 3 aromatic rings. The number of hydrogen-bond donors (Lipinski definition) is 9. The number of likely N-dealkylation sites (tertiary alicyclic amines) is 1. The van der Waals surface area contributed by atoms with Gasteiger partial charge in [0, 0.05) is 84.3 Å². The van der Waals surface area contributed by atoms with E-state index >= 15 is 0 Å². The van der Waals surface area contributed by atoms with E-state index in [9.17, 15) is 62.6 Å². The maximum absolute atomic E-state index is 14.8. The van der Waals surface area contributed by atoms with Crippen molar-refractivity contribution in [2.45, 2.75) is 207 Å². The predicted molar refractivity (Wildman–Crippen MR) is 398 cm³/mol. The molecule has 12 amide bonds. The summed E-state index contributed by atoms with van der Waals surface area (Å²) >= 11 is 0. The highest BCUT2D eigenvalue weighted by molar-refractivity contribution is 6.12. The van der Waals surface area contributed by atoms with Crippen molar-refractivity contribution < 1.29 is 76.9 Å². The highest BCUT2D eigenvalue weighted by Crippen LogP contribution is 2.31. The van der Waals surface area contributed by atoms with Gasteiger partial charge in [-0.2, -0.15) is 0 Å². The van der Waals surface area contributed by atoms with Crippen molar-refractivity contribution in [3.8, 4) is 0 Å². The number of hydrogen-bond acceptors (Lipinski definition) is 16. The van der Waals surface area contributed by atoms with Crippen LogP contribution in [0.5, 0.6) is 0 Å². The summed E-state index contributed by atoms with van der Waals surface area (Å²) < 4.78 is 17.7. The molecule has 3 aromatic carbocycles. The molecule has 105 heavy (non-hydrogen) atoms. The van der Waals surface area contributed by atoms with Crippen LogP contribution >= 0.6 is 0 Å². The second-order valence-corrected chi connectivity index (χ2v) is 28.4. The largest absolute Gasteiger partial charge is 0.480 e. The molecule has 0 radical (unpaired) electrons. The number of imide groups is 1. The molecular formula is C77H114N12O16. The maximum Gasteiger partial charge on any atom is 0.414 e. The zero-order valence-electron chi connectivity index (χ0n) is 63.4. The molecule has 28 nitrogen and oxygen atoms in total. The van der Waals surface area contributed by atoms with Gasteiger partial charge in [0.1, 0.15) is 30.8 Å². The lowest BCUT2D eigenvalue weighted by molar-refractivity contribution is -0.148. The molecule has 5 unspecified atom stereocenters. The molecule has 0 aliphatic carbocycles. The number of nitrogens with two attached hydrogens (primary N) is 1. The van der Waals surface area contributed by atoms with Crippen LogP contribution in [0.25, 0.3) is 0 Å². The van der Waals surface area contributed by atoms with Crippen molar-refractivity contribution in [1.82, 2.24) is 46.6 Å². The predicted octanol–water partition coefficient (Wildman–Crippen LogP) is 6.38. The van der Waals surface area contributed by atoms with Gasteiger partial charge in [0.05, 0.1) is 42.7 Å². The number of nitrogens with one attached hydrogen (secondary N) is 7. The number of primary amides is 1. The van der Waals surface area contributed by atoms with Crippen molar-refractivity contribution in [2.24, 2.45) is 35.3 Å². The number of ether oxygens (including phenoxy) is 3. The van der Waals surface area contributed by atoms with E-state index in [1.165, 1.54) is 31.3 Å². The van der Waals surface area contributed by atoms with Crippen LogP contribution in [-0.2, 0) is 81.6 Å². The molecule has 5 rings (SSSR count). The first-order valence-corrected chi connectivity index (χ1v) is 36.7. The highest BCUT2D eigenvalue weighted by Gasteiger charge is 2.44. The Morgan fingerprint density at radius 3 is 1.87 bits per heavy atom. The number of nitrogens with zero attached hydrogens (tertiary/aromatic N) is 4. The highest BCUT2D eigenvalue weighted by atomic mass is 16.6. The van der Waals surface area contributed by atoms with Crippen LogP contribution < -0.4 is 47.9 Å². The smallest absolute Gasteiger partial charge is 0.414 e. The molecule has 2 aliphatic heterocycles. The van der Waals surface area contributed by atoms with Crippen LogP contribution in [0, 0.1) is 29.6 Å². The van der Waals surface area contributed by atoms with E-state index in [1.54, 1.807) is 93.2 Å². The van der Waals surface area contributed by atoms with E-state index in [0.717, 1.165) is 16.0 Å². The van der Waals surface area contributed by atoms with Gasteiger partial charge in [-0.05, 0) is 123 Å². The van der Waals surface area contributed by atoms with Crippen LogP contribution in [0.1, 0.15) is 150 Å². The maximum atomic E-state index is 14.8. The number of carbonyl (C=O) groups excluding carboxylic acids is 11. The Labute approximate surface area is 618 Å². The topological polar surface area (TPSA) is 376 Å². The average Bonchev–Trinajstić information content (AvgIpc) is 1.78. The van der Waals surface area contributed by atoms with Gasteiger partial charge in [0.25, 0.3) is 11.8 Å². The molecule has 10 N–H and O–H groups in total. The van der Waals surface area contributed by atoms with E-state index in [2.05, 4.69) is 37.2 Å². The van der Waals surface area contributed by atoms with Crippen LogP contribution in [0.15, 0.2) is 91.0 Å². The summed E-state index contributed by atoms with van der Waals surface area (Å²) in [6.45, 7) is 18.0. The number of benzene rings is 3. The number of unbranched alkanes of at least 4 members (excludes halogenated alkanes) is 2. The SMILES string of the molecule is CC[C@H](C)[C@@H]([C@@H](CC(=O)N1CCCC1[C@H](OC)[C@@H](C)C(=O)N[C@@H](Cc1ccccc1)C(=O)O)OC)N(C)C(=O)C(NC(=O)C(NCCCc1ccc(N(C)C(=O)OCc2ccc(NC(=O)C(CCCNC(N)=O)NC(=O)C(NC(=O)CCCCCN3C(=O)C=CC3=O)C(C)C)cc2)cc1)C(C)C)C(C)C. The van der Waals surface area contributed by atoms with Crippen molar-refractivity contribution in [2.75, 3.05) is 64.7 Å². The van der Waals surface area contributed by atoms with Crippen LogP contribution in [0.3, 0.4) is 0 Å². The molecule has 11 atom stereocenters. The quantitative estimate of drug-likeness (QED) is 0.0219. The lowest BCUT2D eigenvalue weighted by atomic mass is 9.89. The van der Waals surface area contributed by atoms with Gasteiger partial charge < -0.3 is 72.1 Å². The third-order valence-corrected chi connectivity index (χ3v) is 19.6. The fourth-order valence-corrected chi connectivity index (χ4v) is 13.2. The molecule has 0 aromatic heterocycles. The molecule has 2 heterocycles. The first-order chi connectivity index (χ1) is 49.9. The Bertz CT molecular complexity index is 3390. The zero-order valence-corrected chi connectivity index (χ0v) is 63.4. The number of methoxy groups -OCH3 is 2. The van der Waals surface area contributed by atoms with E-state index in [4.69, 9.17) is 19.9 Å². The second kappa shape index (κ2) is 43.2. The fourth-order valence-electron chi connectivity index (χ4n) is 13.2. The van der Waals surface area contributed by atoms with Gasteiger partial charge in [-0.3, -0.25) is 53.0 Å². The second-order valence-electron chi connectivity index (χ2n) is 28.4. The van der Waals surface area contributed by atoms with Crippen molar-refractivity contribution in [3.63, 3.8) is 0 Å². The Hall–Kier alpha value is -9.28. The Balaban J connectivity index is 1.09. The summed E-state index contributed by atoms with van der Waals surface area (Å²) in [6.07, 6.45) is 5.54. The Morgan fingerprint density at radius 1 is 0.657 bits per heavy atom. The Kier molecular flexibility index (Phi) is 35.6. The van der Waals surface area contributed by atoms with Crippen molar-refractivity contribution in [3.05, 3.63) is 108 Å². The van der Waals surface area contributed by atoms with Gasteiger partial charge in [-0.1, -0.05) is 130 Å². The first kappa shape index (κ1) is 86.4. The minimum atomic E-state index is -1.17. The summed E-state index contributed by atoms with van der Waals surface area (Å²) in [6, 6.07) is 16.5. The summed E-state index contributed by atoms with van der Waals surface area (Å²) in [5, 5.41) is 30.0. The molecule has 1 fully saturated rings. The summed E-state index contributed by atoms with van der Waals surface area (Å²) in [7, 11) is 6.27. The molecule has 2 aliphatic rings. The van der Waals surface area contributed by atoms with Gasteiger partial charge in [0.2, 0.25) is 41.4 Å². The fraction of sp³-hybridized carbons (Fsp3) is 0.584. The normalized spacial score (nSPS) is 16.4. The number of rotatable bonds is 44. The minimum absolute atomic E-state index is 0.0811. The van der Waals surface area contributed by atoms with Crippen LogP contribution in [0.2, 0.25) is 0 Å². The number of carbonyl (C=O) groups is 12. The number of carboxylic acid groups (broad SMARTS) is 1. The van der Waals surface area contributed by atoms with E-state index in [-0.39, 0.29) is 111 Å². The molecule has 0 bridgehead atoms. The first-order valence-electron chi connectivity index (χ1n) is 36.7. The number of anilines is 2. The van der Waals surface area contributed by atoms with E-state index in [0.29, 0.717) is 81.4 Å². The summed E-state index contributed by atoms with van der Waals surface area (Å²) in [5.41, 5.74) is 8.58. The monoisotopic (exact) mass is 1460 g/mol. The Morgan fingerprint density at radius 2 is 1.28 bits per heavy atom. The van der Waals surface area contributed by atoms with Gasteiger partial charge in [-0.15, -0.1) is 0 Å². The average molecular weight is 1460 g/mol. The number of urea groups is 1. The summed E-state index contributed by atoms with van der Waals surface area (Å²) in [4.78, 5) is 164. The van der Waals surface area contributed by atoms with Crippen LogP contribution in [-0.4, -0.2) is 200 Å². The lowest BCUT2D eigenvalue weighted by Crippen LogP contribution is -2.60. The number of likely N-dealkylation sites (N-methyl/N-ethyl adjacent to an activating group) is 1. The zero-order chi connectivity index (χ0) is 77.6. The van der Waals surface area contributed by atoms with Gasteiger partial charge >= 0.3 is 18.1 Å². The third-order valence-electron chi connectivity index (χ3n) is 19.6. The third kappa shape index (κ3) is 26.7. The van der Waals surface area contributed by atoms with Gasteiger partial charge in [-0.25, -0.2) is 14.4 Å². The van der Waals surface area contributed by atoms with Crippen molar-refractivity contribution in [1.29, 1.82) is 0 Å². The number of amides is 12. The van der Waals surface area contributed by atoms with E-state index in [1.807, 2.05) is 71.9 Å². The van der Waals surface area contributed by atoms with E-state index < -0.39 is 96.2 Å². The number of carboxylic acids is 1. The van der Waals surface area contributed by atoms with Crippen molar-refractivity contribution >= 4 is 82.6 Å².